The summed E-state index contributed by atoms with van der Waals surface area (Å²) in [7, 11) is 0. The van der Waals surface area contributed by atoms with Gasteiger partial charge >= 0.3 is 0 Å². The molecular weight excluding hydrogens is 218 g/mol. The fourth-order valence-corrected chi connectivity index (χ4v) is 2.12. The molecule has 0 aromatic heterocycles. The van der Waals surface area contributed by atoms with E-state index in [0.717, 1.165) is 12.8 Å². The van der Waals surface area contributed by atoms with Gasteiger partial charge in [0.25, 0.3) is 5.91 Å². The SMILES string of the molecule is Nc1cc(N)cc(C(=O)N2CCC[C@H](O)C2)c1. The van der Waals surface area contributed by atoms with Crippen molar-refractivity contribution in [3.05, 3.63) is 23.8 Å². The monoisotopic (exact) mass is 235 g/mol. The molecule has 17 heavy (non-hydrogen) atoms. The maximum Gasteiger partial charge on any atom is 0.254 e. The van der Waals surface area contributed by atoms with Gasteiger partial charge in [-0.3, -0.25) is 4.79 Å². The standard InChI is InChI=1S/C12H17N3O2/c13-9-4-8(5-10(14)6-9)12(17)15-3-1-2-11(16)7-15/h4-6,11,16H,1-3,7,13-14H2/t11-/m0/s1. The smallest absolute Gasteiger partial charge is 0.254 e. The lowest BCUT2D eigenvalue weighted by molar-refractivity contribution is 0.0474. The zero-order valence-corrected chi connectivity index (χ0v) is 9.60. The average Bonchev–Trinajstić information content (AvgIpc) is 2.26. The zero-order chi connectivity index (χ0) is 12.4. The quantitative estimate of drug-likeness (QED) is 0.616. The molecule has 1 amide bonds. The number of benzene rings is 1. The minimum Gasteiger partial charge on any atom is -0.399 e. The number of hydrogen-bond donors (Lipinski definition) is 3. The molecular formula is C12H17N3O2. The number of aliphatic hydroxyl groups excluding tert-OH is 1. The van der Waals surface area contributed by atoms with Crippen LogP contribution in [-0.4, -0.2) is 35.1 Å². The summed E-state index contributed by atoms with van der Waals surface area (Å²) in [4.78, 5) is 13.8. The number of piperidine rings is 1. The molecule has 1 saturated heterocycles. The van der Waals surface area contributed by atoms with Gasteiger partial charge < -0.3 is 21.5 Å². The predicted octanol–water partition coefficient (Wildman–Crippen LogP) is 0.448. The van der Waals surface area contributed by atoms with Crippen molar-refractivity contribution in [3.63, 3.8) is 0 Å². The van der Waals surface area contributed by atoms with E-state index >= 15 is 0 Å². The second-order valence-corrected chi connectivity index (χ2v) is 4.44. The third-order valence-corrected chi connectivity index (χ3v) is 2.91. The third kappa shape index (κ3) is 2.68. The van der Waals surface area contributed by atoms with Gasteiger partial charge in [0.1, 0.15) is 0 Å². The Balaban J connectivity index is 2.18. The lowest BCUT2D eigenvalue weighted by atomic mass is 10.1. The molecule has 5 heteroatoms. The molecule has 0 radical (unpaired) electrons. The van der Waals surface area contributed by atoms with Crippen molar-refractivity contribution in [1.82, 2.24) is 4.90 Å². The second kappa shape index (κ2) is 4.63. The van der Waals surface area contributed by atoms with Crippen molar-refractivity contribution in [1.29, 1.82) is 0 Å². The van der Waals surface area contributed by atoms with Crippen LogP contribution in [-0.2, 0) is 0 Å². The molecule has 1 atom stereocenters. The highest BCUT2D eigenvalue weighted by atomic mass is 16.3. The van der Waals surface area contributed by atoms with E-state index < -0.39 is 6.10 Å². The number of nitrogen functional groups attached to an aromatic ring is 2. The molecule has 1 aromatic rings. The van der Waals surface area contributed by atoms with E-state index in [1.807, 2.05) is 0 Å². The van der Waals surface area contributed by atoms with Crippen molar-refractivity contribution < 1.29 is 9.90 Å². The van der Waals surface area contributed by atoms with Crippen LogP contribution in [0.25, 0.3) is 0 Å². The van der Waals surface area contributed by atoms with Crippen LogP contribution in [0.3, 0.4) is 0 Å². The molecule has 0 spiro atoms. The van der Waals surface area contributed by atoms with Crippen LogP contribution in [0.2, 0.25) is 0 Å². The van der Waals surface area contributed by atoms with Gasteiger partial charge in [-0.05, 0) is 31.0 Å². The van der Waals surface area contributed by atoms with E-state index in [2.05, 4.69) is 0 Å². The molecule has 5 nitrogen and oxygen atoms in total. The summed E-state index contributed by atoms with van der Waals surface area (Å²) in [6.07, 6.45) is 1.15. The Labute approximate surface area is 100 Å². The first-order chi connectivity index (χ1) is 8.06. The van der Waals surface area contributed by atoms with Gasteiger partial charge in [0.2, 0.25) is 0 Å². The number of hydrogen-bond acceptors (Lipinski definition) is 4. The van der Waals surface area contributed by atoms with Crippen LogP contribution in [0.4, 0.5) is 11.4 Å². The Morgan fingerprint density at radius 3 is 2.53 bits per heavy atom. The number of aliphatic hydroxyl groups is 1. The average molecular weight is 235 g/mol. The van der Waals surface area contributed by atoms with Crippen LogP contribution in [0.15, 0.2) is 18.2 Å². The molecule has 0 unspecified atom stereocenters. The molecule has 1 heterocycles. The van der Waals surface area contributed by atoms with Gasteiger partial charge in [-0.1, -0.05) is 0 Å². The van der Waals surface area contributed by atoms with Crippen LogP contribution in [0.5, 0.6) is 0 Å². The molecule has 0 aliphatic carbocycles. The van der Waals surface area contributed by atoms with Crippen molar-refractivity contribution in [2.24, 2.45) is 0 Å². The first-order valence-corrected chi connectivity index (χ1v) is 5.69. The van der Waals surface area contributed by atoms with E-state index in [0.29, 0.717) is 30.0 Å². The largest absolute Gasteiger partial charge is 0.399 e. The minimum absolute atomic E-state index is 0.122. The first-order valence-electron chi connectivity index (χ1n) is 5.69. The summed E-state index contributed by atoms with van der Waals surface area (Å²) in [5.74, 6) is -0.122. The number of amides is 1. The van der Waals surface area contributed by atoms with Crippen molar-refractivity contribution in [2.75, 3.05) is 24.6 Å². The topological polar surface area (TPSA) is 92.6 Å². The van der Waals surface area contributed by atoms with E-state index in [1.165, 1.54) is 0 Å². The number of carbonyl (C=O) groups is 1. The van der Waals surface area contributed by atoms with Crippen LogP contribution in [0, 0.1) is 0 Å². The molecule has 2 rings (SSSR count). The molecule has 1 aromatic carbocycles. The Hall–Kier alpha value is -1.75. The Bertz CT molecular complexity index is 414. The number of β-amino-alcohol motifs (C(OH)–C–C–N with tert-alkyl or cyclic N) is 1. The van der Waals surface area contributed by atoms with Crippen molar-refractivity contribution in [2.45, 2.75) is 18.9 Å². The van der Waals surface area contributed by atoms with Crippen LogP contribution < -0.4 is 11.5 Å². The van der Waals surface area contributed by atoms with Gasteiger partial charge in [-0.25, -0.2) is 0 Å². The fourth-order valence-electron chi connectivity index (χ4n) is 2.12. The predicted molar refractivity (Wildman–Crippen MR) is 66.4 cm³/mol. The Morgan fingerprint density at radius 2 is 1.94 bits per heavy atom. The lowest BCUT2D eigenvalue weighted by Gasteiger charge is -2.30. The molecule has 92 valence electrons. The Morgan fingerprint density at radius 1 is 1.29 bits per heavy atom. The minimum atomic E-state index is -0.425. The molecule has 0 saturated carbocycles. The van der Waals surface area contributed by atoms with E-state index in [1.54, 1.807) is 23.1 Å². The number of rotatable bonds is 1. The van der Waals surface area contributed by atoms with Crippen LogP contribution in [0.1, 0.15) is 23.2 Å². The number of likely N-dealkylation sites (tertiary alicyclic amines) is 1. The van der Waals surface area contributed by atoms with E-state index in [-0.39, 0.29) is 5.91 Å². The fraction of sp³-hybridized carbons (Fsp3) is 0.417. The number of carbonyl (C=O) groups excluding carboxylic acids is 1. The summed E-state index contributed by atoms with van der Waals surface area (Å²) in [5.41, 5.74) is 12.7. The number of anilines is 2. The second-order valence-electron chi connectivity index (χ2n) is 4.44. The molecule has 1 fully saturated rings. The summed E-state index contributed by atoms with van der Waals surface area (Å²) in [6, 6.07) is 4.83. The van der Waals surface area contributed by atoms with E-state index in [4.69, 9.17) is 11.5 Å². The summed E-state index contributed by atoms with van der Waals surface area (Å²) in [6.45, 7) is 1.05. The maximum atomic E-state index is 12.2. The number of nitrogens with two attached hydrogens (primary N) is 2. The highest BCUT2D eigenvalue weighted by Gasteiger charge is 2.23. The van der Waals surface area contributed by atoms with Gasteiger partial charge in [0.05, 0.1) is 6.10 Å². The molecule has 1 aliphatic heterocycles. The van der Waals surface area contributed by atoms with Crippen LogP contribution >= 0.6 is 0 Å². The van der Waals surface area contributed by atoms with Gasteiger partial charge in [-0.15, -0.1) is 0 Å². The van der Waals surface area contributed by atoms with E-state index in [9.17, 15) is 9.90 Å². The molecule has 5 N–H and O–H groups in total. The van der Waals surface area contributed by atoms with Crippen molar-refractivity contribution in [3.8, 4) is 0 Å². The normalized spacial score (nSPS) is 20.3. The third-order valence-electron chi connectivity index (χ3n) is 2.91. The van der Waals surface area contributed by atoms with Crippen molar-refractivity contribution >= 4 is 17.3 Å². The number of nitrogens with zero attached hydrogens (tertiary/aromatic N) is 1. The zero-order valence-electron chi connectivity index (χ0n) is 9.60. The maximum absolute atomic E-state index is 12.2. The summed E-state index contributed by atoms with van der Waals surface area (Å²) in [5, 5.41) is 9.54. The van der Waals surface area contributed by atoms with Gasteiger partial charge in [0.15, 0.2) is 0 Å². The highest BCUT2D eigenvalue weighted by Crippen LogP contribution is 2.18. The first kappa shape index (κ1) is 11.7. The Kier molecular flexibility index (Phi) is 3.19. The summed E-state index contributed by atoms with van der Waals surface area (Å²) >= 11 is 0. The molecule has 0 bridgehead atoms. The summed E-state index contributed by atoms with van der Waals surface area (Å²) < 4.78 is 0. The van der Waals surface area contributed by atoms with Gasteiger partial charge in [0, 0.05) is 30.0 Å². The molecule has 1 aliphatic rings. The lowest BCUT2D eigenvalue weighted by Crippen LogP contribution is -2.42. The van der Waals surface area contributed by atoms with Gasteiger partial charge in [-0.2, -0.15) is 0 Å². The highest BCUT2D eigenvalue weighted by molar-refractivity contribution is 5.96.